The molecule has 0 unspecified atom stereocenters. The fraction of sp³-hybridized carbons (Fsp3) is 0.412. The molecule has 0 N–H and O–H groups in total. The Hall–Kier alpha value is -2.10. The average Bonchev–Trinajstić information content (AvgIpc) is 2.81. The van der Waals surface area contributed by atoms with Crippen LogP contribution in [0, 0.1) is 0 Å². The van der Waals surface area contributed by atoms with E-state index in [9.17, 15) is 9.90 Å². The highest BCUT2D eigenvalue weighted by atomic mass is 16.4. The number of hydrogen-bond acceptors (Lipinski definition) is 2. The second-order valence-corrected chi connectivity index (χ2v) is 5.39. The number of unbranched alkanes of at least 4 members (excludes halogenated alkanes) is 2. The van der Waals surface area contributed by atoms with E-state index in [1.165, 1.54) is 25.1 Å². The van der Waals surface area contributed by atoms with E-state index in [0.29, 0.717) is 0 Å². The van der Waals surface area contributed by atoms with Crippen molar-refractivity contribution < 1.29 is 14.5 Å². The highest BCUT2D eigenvalue weighted by Crippen LogP contribution is 2.09. The molecule has 4 nitrogen and oxygen atoms in total. The summed E-state index contributed by atoms with van der Waals surface area (Å²) in [4.78, 5) is 10.8. The zero-order chi connectivity index (χ0) is 15.2. The zero-order valence-corrected chi connectivity index (χ0v) is 12.7. The van der Waals surface area contributed by atoms with Gasteiger partial charge >= 0.3 is 0 Å². The van der Waals surface area contributed by atoms with Crippen LogP contribution >= 0.6 is 0 Å². The molecule has 0 bridgehead atoms. The van der Waals surface area contributed by atoms with Crippen molar-refractivity contribution in [2.45, 2.75) is 39.2 Å². The van der Waals surface area contributed by atoms with Gasteiger partial charge in [-0.1, -0.05) is 44.0 Å². The number of aromatic nitrogens is 2. The maximum Gasteiger partial charge on any atom is 0.256 e. The summed E-state index contributed by atoms with van der Waals surface area (Å²) in [6, 6.07) is 6.90. The average molecular weight is 286 g/mol. The van der Waals surface area contributed by atoms with Crippen LogP contribution in [0.2, 0.25) is 0 Å². The molecule has 0 saturated heterocycles. The third-order valence-corrected chi connectivity index (χ3v) is 3.76. The third kappa shape index (κ3) is 3.94. The number of aryl methyl sites for hydroxylation is 1. The minimum absolute atomic E-state index is 0.222. The van der Waals surface area contributed by atoms with Gasteiger partial charge in [-0.3, -0.25) is 0 Å². The van der Waals surface area contributed by atoms with Crippen molar-refractivity contribution in [2.24, 2.45) is 7.05 Å². The van der Waals surface area contributed by atoms with Crippen LogP contribution in [-0.4, -0.2) is 10.5 Å². The third-order valence-electron chi connectivity index (χ3n) is 3.76. The van der Waals surface area contributed by atoms with Gasteiger partial charge in [0.05, 0.1) is 13.0 Å². The van der Waals surface area contributed by atoms with Crippen LogP contribution in [0.1, 0.15) is 47.9 Å². The molecule has 4 heteroatoms. The Morgan fingerprint density at radius 3 is 2.57 bits per heavy atom. The van der Waals surface area contributed by atoms with E-state index in [2.05, 4.69) is 35.5 Å². The minimum Gasteiger partial charge on any atom is -0.545 e. The van der Waals surface area contributed by atoms with Crippen LogP contribution in [0.25, 0.3) is 0 Å². The van der Waals surface area contributed by atoms with Gasteiger partial charge in [0.25, 0.3) is 5.82 Å². The highest BCUT2D eigenvalue weighted by molar-refractivity contribution is 5.85. The molecule has 2 aromatic rings. The first-order valence-electron chi connectivity index (χ1n) is 7.45. The molecule has 0 atom stereocenters. The quantitative estimate of drug-likeness (QED) is 0.571. The number of nitrogens with zero attached hydrogens (tertiary/aromatic N) is 2. The molecule has 0 aliphatic heterocycles. The fourth-order valence-electron chi connectivity index (χ4n) is 2.50. The largest absolute Gasteiger partial charge is 0.545 e. The monoisotopic (exact) mass is 286 g/mol. The lowest BCUT2D eigenvalue weighted by atomic mass is 10.1. The Morgan fingerprint density at radius 2 is 1.95 bits per heavy atom. The van der Waals surface area contributed by atoms with Crippen LogP contribution in [0.3, 0.4) is 0 Å². The summed E-state index contributed by atoms with van der Waals surface area (Å²) in [5.74, 6) is 0.168. The summed E-state index contributed by atoms with van der Waals surface area (Å²) in [7, 11) is 2.07. The standard InChI is InChI=1S/C17H22N2O2/c1-3-4-5-6-16-18(2)11-12-19(16)13-14-7-9-15(10-8-14)17(20)21/h7-12H,3-6,13H2,1-2H3. The molecule has 2 rings (SSSR count). The Labute approximate surface area is 125 Å². The van der Waals surface area contributed by atoms with Crippen LogP contribution in [0.15, 0.2) is 36.7 Å². The van der Waals surface area contributed by atoms with Crippen molar-refractivity contribution in [1.82, 2.24) is 4.57 Å². The van der Waals surface area contributed by atoms with E-state index in [1.807, 2.05) is 12.1 Å². The molecular weight excluding hydrogens is 264 g/mol. The van der Waals surface area contributed by atoms with Crippen LogP contribution in [-0.2, 0) is 20.0 Å². The predicted molar refractivity (Wildman–Crippen MR) is 78.7 cm³/mol. The number of rotatable bonds is 7. The van der Waals surface area contributed by atoms with Crippen molar-refractivity contribution in [1.29, 1.82) is 0 Å². The van der Waals surface area contributed by atoms with Gasteiger partial charge in [0.1, 0.15) is 18.9 Å². The molecule has 0 aliphatic carbocycles. The Kier molecular flexibility index (Phi) is 5.14. The fourth-order valence-corrected chi connectivity index (χ4v) is 2.50. The van der Waals surface area contributed by atoms with Crippen molar-refractivity contribution in [3.63, 3.8) is 0 Å². The number of hydrogen-bond donors (Lipinski definition) is 0. The molecule has 0 amide bonds. The van der Waals surface area contributed by atoms with E-state index >= 15 is 0 Å². The van der Waals surface area contributed by atoms with Gasteiger partial charge < -0.3 is 9.90 Å². The lowest BCUT2D eigenvalue weighted by Gasteiger charge is -2.05. The molecule has 0 saturated carbocycles. The molecule has 1 aromatic heterocycles. The first-order chi connectivity index (χ1) is 10.1. The second-order valence-electron chi connectivity index (χ2n) is 5.39. The summed E-state index contributed by atoms with van der Waals surface area (Å²) in [6.07, 6.45) is 8.86. The van der Waals surface area contributed by atoms with E-state index in [1.54, 1.807) is 12.1 Å². The number of carbonyl (C=O) groups excluding carboxylic acids is 1. The van der Waals surface area contributed by atoms with Crippen molar-refractivity contribution in [3.05, 3.63) is 53.6 Å². The second kappa shape index (κ2) is 7.07. The lowest BCUT2D eigenvalue weighted by Crippen LogP contribution is -2.32. The number of carbonyl (C=O) groups is 1. The smallest absolute Gasteiger partial charge is 0.256 e. The molecular formula is C17H22N2O2. The Morgan fingerprint density at radius 1 is 1.24 bits per heavy atom. The topological polar surface area (TPSA) is 48.9 Å². The number of benzene rings is 1. The van der Waals surface area contributed by atoms with Crippen LogP contribution < -0.4 is 9.67 Å². The minimum atomic E-state index is -1.13. The van der Waals surface area contributed by atoms with E-state index in [4.69, 9.17) is 0 Å². The molecule has 21 heavy (non-hydrogen) atoms. The zero-order valence-electron chi connectivity index (χ0n) is 12.7. The van der Waals surface area contributed by atoms with Gasteiger partial charge in [-0.05, 0) is 17.5 Å². The van der Waals surface area contributed by atoms with E-state index in [-0.39, 0.29) is 5.56 Å². The van der Waals surface area contributed by atoms with E-state index in [0.717, 1.165) is 18.5 Å². The van der Waals surface area contributed by atoms with Crippen LogP contribution in [0.5, 0.6) is 0 Å². The predicted octanol–water partition coefficient (Wildman–Crippen LogP) is 1.46. The van der Waals surface area contributed by atoms with Gasteiger partial charge in [-0.25, -0.2) is 9.13 Å². The van der Waals surface area contributed by atoms with E-state index < -0.39 is 5.97 Å². The maximum absolute atomic E-state index is 10.8. The molecule has 1 heterocycles. The van der Waals surface area contributed by atoms with Gasteiger partial charge in [0.2, 0.25) is 0 Å². The van der Waals surface area contributed by atoms with Crippen molar-refractivity contribution in [2.75, 3.05) is 0 Å². The Bertz CT molecular complexity index is 600. The number of aromatic carboxylic acids is 1. The number of imidazole rings is 1. The summed E-state index contributed by atoms with van der Waals surface area (Å²) in [6.45, 7) is 2.97. The first kappa shape index (κ1) is 15.3. The van der Waals surface area contributed by atoms with Gasteiger partial charge in [0, 0.05) is 6.42 Å². The maximum atomic E-state index is 10.8. The molecule has 112 valence electrons. The molecule has 0 spiro atoms. The van der Waals surface area contributed by atoms with Crippen molar-refractivity contribution >= 4 is 5.97 Å². The lowest BCUT2D eigenvalue weighted by molar-refractivity contribution is -0.678. The molecule has 0 aliphatic rings. The molecule has 0 fully saturated rings. The molecule has 1 aromatic carbocycles. The SMILES string of the molecule is CCCCCc1n(Cc2ccc(C(=O)[O-])cc2)cc[n+]1C. The first-order valence-corrected chi connectivity index (χ1v) is 7.45. The Balaban J connectivity index is 2.10. The summed E-state index contributed by atoms with van der Waals surface area (Å²) < 4.78 is 4.38. The highest BCUT2D eigenvalue weighted by Gasteiger charge is 2.14. The number of carboxylic acids is 1. The summed E-state index contributed by atoms with van der Waals surface area (Å²) >= 11 is 0. The van der Waals surface area contributed by atoms with Gasteiger partial charge in [-0.15, -0.1) is 0 Å². The summed E-state index contributed by atoms with van der Waals surface area (Å²) in [5.41, 5.74) is 1.31. The van der Waals surface area contributed by atoms with Crippen molar-refractivity contribution in [3.8, 4) is 0 Å². The van der Waals surface area contributed by atoms with Gasteiger partial charge in [0.15, 0.2) is 0 Å². The van der Waals surface area contributed by atoms with Crippen LogP contribution in [0.4, 0.5) is 0 Å². The normalized spacial score (nSPS) is 10.8. The number of carboxylic acid groups (broad SMARTS) is 1. The van der Waals surface area contributed by atoms with Gasteiger partial charge in [-0.2, -0.15) is 0 Å². The summed E-state index contributed by atoms with van der Waals surface area (Å²) in [5, 5.41) is 10.8. The molecule has 0 radical (unpaired) electrons.